The number of carbonyl (C=O) groups excluding carboxylic acids is 2. The molecule has 2 rings (SSSR count). The molecule has 0 aliphatic rings. The molecule has 0 aliphatic carbocycles. The minimum Gasteiger partial charge on any atom is -0.493 e. The van der Waals surface area contributed by atoms with E-state index in [9.17, 15) is 9.59 Å². The van der Waals surface area contributed by atoms with Crippen LogP contribution in [-0.4, -0.2) is 44.5 Å². The van der Waals surface area contributed by atoms with Crippen molar-refractivity contribution in [1.29, 1.82) is 0 Å². The summed E-state index contributed by atoms with van der Waals surface area (Å²) in [6, 6.07) is 12.6. The SMILES string of the molecule is COc1ccc(CN(C)CC(=O)NNC(=O)c2ccccc2Br)cc1OC. The van der Waals surface area contributed by atoms with Gasteiger partial charge in [0.1, 0.15) is 0 Å². The molecule has 0 unspecified atom stereocenters. The Hall–Kier alpha value is -2.58. The lowest BCUT2D eigenvalue weighted by Gasteiger charge is -2.17. The van der Waals surface area contributed by atoms with Gasteiger partial charge in [-0.1, -0.05) is 18.2 Å². The number of ether oxygens (including phenoxy) is 2. The van der Waals surface area contributed by atoms with Gasteiger partial charge in [-0.3, -0.25) is 25.3 Å². The second-order valence-electron chi connectivity index (χ2n) is 5.84. The fraction of sp³-hybridized carbons (Fsp3) is 0.263. The monoisotopic (exact) mass is 435 g/mol. The molecule has 2 N–H and O–H groups in total. The summed E-state index contributed by atoms with van der Waals surface area (Å²) in [6.07, 6.45) is 0. The zero-order valence-corrected chi connectivity index (χ0v) is 17.0. The lowest BCUT2D eigenvalue weighted by molar-refractivity contribution is -0.122. The molecule has 0 radical (unpaired) electrons. The quantitative estimate of drug-likeness (QED) is 0.652. The van der Waals surface area contributed by atoms with Crippen LogP contribution in [0, 0.1) is 0 Å². The van der Waals surface area contributed by atoms with Crippen LogP contribution in [0.2, 0.25) is 0 Å². The van der Waals surface area contributed by atoms with Gasteiger partial charge in [0.05, 0.1) is 26.3 Å². The van der Waals surface area contributed by atoms with Gasteiger partial charge in [-0.05, 0) is 52.8 Å². The number of hydrogen-bond acceptors (Lipinski definition) is 5. The topological polar surface area (TPSA) is 79.9 Å². The van der Waals surface area contributed by atoms with Gasteiger partial charge in [-0.25, -0.2) is 0 Å². The van der Waals surface area contributed by atoms with Gasteiger partial charge in [0.2, 0.25) is 0 Å². The number of rotatable bonds is 7. The van der Waals surface area contributed by atoms with E-state index in [2.05, 4.69) is 26.8 Å². The fourth-order valence-corrected chi connectivity index (χ4v) is 2.94. The predicted molar refractivity (Wildman–Crippen MR) is 106 cm³/mol. The number of amides is 2. The molecule has 2 amide bonds. The highest BCUT2D eigenvalue weighted by Crippen LogP contribution is 2.27. The summed E-state index contributed by atoms with van der Waals surface area (Å²) in [7, 11) is 4.97. The second-order valence-corrected chi connectivity index (χ2v) is 6.70. The molecule has 27 heavy (non-hydrogen) atoms. The third-order valence-corrected chi connectivity index (χ3v) is 4.44. The number of benzene rings is 2. The molecule has 0 aliphatic heterocycles. The molecule has 2 aromatic carbocycles. The maximum Gasteiger partial charge on any atom is 0.270 e. The highest BCUT2D eigenvalue weighted by molar-refractivity contribution is 9.10. The number of carbonyl (C=O) groups is 2. The summed E-state index contributed by atoms with van der Waals surface area (Å²) in [5.74, 6) is 0.571. The van der Waals surface area contributed by atoms with Gasteiger partial charge >= 0.3 is 0 Å². The molecule has 0 atom stereocenters. The van der Waals surface area contributed by atoms with E-state index in [1.54, 1.807) is 32.4 Å². The first-order valence-corrected chi connectivity index (χ1v) is 8.97. The number of halogens is 1. The summed E-state index contributed by atoms with van der Waals surface area (Å²) in [6.45, 7) is 0.649. The van der Waals surface area contributed by atoms with Crippen molar-refractivity contribution in [3.63, 3.8) is 0 Å². The van der Waals surface area contributed by atoms with Crippen LogP contribution in [0.3, 0.4) is 0 Å². The molecule has 0 heterocycles. The Bertz CT molecular complexity index is 813. The number of hydrogen-bond donors (Lipinski definition) is 2. The van der Waals surface area contributed by atoms with Crippen molar-refractivity contribution in [2.24, 2.45) is 0 Å². The summed E-state index contributed by atoms with van der Waals surface area (Å²) in [5.41, 5.74) is 6.24. The number of hydrazine groups is 1. The Labute approximate surface area is 166 Å². The zero-order chi connectivity index (χ0) is 19.8. The maximum atomic E-state index is 12.1. The standard InChI is InChI=1S/C19H22BrN3O4/c1-23(11-13-8-9-16(26-2)17(10-13)27-3)12-18(24)21-22-19(25)14-6-4-5-7-15(14)20/h4-10H,11-12H2,1-3H3,(H,21,24)(H,22,25). The molecule has 0 saturated carbocycles. The van der Waals surface area contributed by atoms with Crippen LogP contribution < -0.4 is 20.3 Å². The molecule has 0 fully saturated rings. The molecule has 2 aromatic rings. The van der Waals surface area contributed by atoms with Crippen molar-refractivity contribution in [3.8, 4) is 11.5 Å². The Morgan fingerprint density at radius 3 is 2.41 bits per heavy atom. The summed E-state index contributed by atoms with van der Waals surface area (Å²) in [5, 5.41) is 0. The van der Waals surface area contributed by atoms with Crippen molar-refractivity contribution >= 4 is 27.7 Å². The molecule has 144 valence electrons. The summed E-state index contributed by atoms with van der Waals surface area (Å²) < 4.78 is 11.2. The van der Waals surface area contributed by atoms with Gasteiger partial charge in [-0.2, -0.15) is 0 Å². The van der Waals surface area contributed by atoms with E-state index in [-0.39, 0.29) is 12.5 Å². The van der Waals surface area contributed by atoms with Gasteiger partial charge in [0.25, 0.3) is 11.8 Å². The van der Waals surface area contributed by atoms with E-state index in [1.807, 2.05) is 36.2 Å². The number of nitrogens with one attached hydrogen (secondary N) is 2. The Morgan fingerprint density at radius 2 is 1.74 bits per heavy atom. The van der Waals surface area contributed by atoms with E-state index in [1.165, 1.54) is 0 Å². The molecular weight excluding hydrogens is 414 g/mol. The predicted octanol–water partition coefficient (Wildman–Crippen LogP) is 2.36. The first-order valence-electron chi connectivity index (χ1n) is 8.17. The molecule has 8 heteroatoms. The van der Waals surface area contributed by atoms with Crippen LogP contribution in [0.15, 0.2) is 46.9 Å². The molecule has 0 bridgehead atoms. The normalized spacial score (nSPS) is 10.4. The summed E-state index contributed by atoms with van der Waals surface area (Å²) in [4.78, 5) is 26.0. The summed E-state index contributed by atoms with van der Waals surface area (Å²) >= 11 is 3.30. The fourth-order valence-electron chi connectivity index (χ4n) is 2.47. The average Bonchev–Trinajstić information content (AvgIpc) is 2.66. The molecule has 7 nitrogen and oxygen atoms in total. The third-order valence-electron chi connectivity index (χ3n) is 3.75. The maximum absolute atomic E-state index is 12.1. The Morgan fingerprint density at radius 1 is 1.04 bits per heavy atom. The average molecular weight is 436 g/mol. The number of nitrogens with zero attached hydrogens (tertiary/aromatic N) is 1. The van der Waals surface area contributed by atoms with Gasteiger partial charge in [0.15, 0.2) is 11.5 Å². The minimum absolute atomic E-state index is 0.116. The van der Waals surface area contributed by atoms with Gasteiger partial charge in [0, 0.05) is 11.0 Å². The van der Waals surface area contributed by atoms with Crippen molar-refractivity contribution in [2.75, 3.05) is 27.8 Å². The first kappa shape index (κ1) is 20.7. The van der Waals surface area contributed by atoms with Crippen molar-refractivity contribution < 1.29 is 19.1 Å². The van der Waals surface area contributed by atoms with Crippen LogP contribution in [0.1, 0.15) is 15.9 Å². The van der Waals surface area contributed by atoms with E-state index in [0.717, 1.165) is 5.56 Å². The minimum atomic E-state index is -0.390. The van der Waals surface area contributed by atoms with Crippen molar-refractivity contribution in [1.82, 2.24) is 15.8 Å². The molecule has 0 saturated heterocycles. The third kappa shape index (κ3) is 5.97. The zero-order valence-electron chi connectivity index (χ0n) is 15.4. The smallest absolute Gasteiger partial charge is 0.270 e. The van der Waals surface area contributed by atoms with E-state index >= 15 is 0 Å². The van der Waals surface area contributed by atoms with E-state index in [0.29, 0.717) is 28.1 Å². The largest absolute Gasteiger partial charge is 0.493 e. The van der Waals surface area contributed by atoms with Crippen LogP contribution in [0.5, 0.6) is 11.5 Å². The second kappa shape index (κ2) is 9.94. The molecule has 0 spiro atoms. The lowest BCUT2D eigenvalue weighted by atomic mass is 10.2. The number of likely N-dealkylation sites (N-methyl/N-ethyl adjacent to an activating group) is 1. The van der Waals surface area contributed by atoms with Crippen molar-refractivity contribution in [2.45, 2.75) is 6.54 Å². The Balaban J connectivity index is 1.85. The molecule has 0 aromatic heterocycles. The highest BCUT2D eigenvalue weighted by Gasteiger charge is 2.12. The van der Waals surface area contributed by atoms with Crippen LogP contribution >= 0.6 is 15.9 Å². The van der Waals surface area contributed by atoms with Crippen molar-refractivity contribution in [3.05, 3.63) is 58.1 Å². The van der Waals surface area contributed by atoms with E-state index in [4.69, 9.17) is 9.47 Å². The molecular formula is C19H22BrN3O4. The van der Waals surface area contributed by atoms with Gasteiger partial charge < -0.3 is 9.47 Å². The van der Waals surface area contributed by atoms with Gasteiger partial charge in [-0.15, -0.1) is 0 Å². The van der Waals surface area contributed by atoms with Crippen LogP contribution in [0.25, 0.3) is 0 Å². The van der Waals surface area contributed by atoms with Crippen LogP contribution in [-0.2, 0) is 11.3 Å². The lowest BCUT2D eigenvalue weighted by Crippen LogP contribution is -2.45. The van der Waals surface area contributed by atoms with E-state index < -0.39 is 5.91 Å². The Kier molecular flexibility index (Phi) is 7.63. The number of methoxy groups -OCH3 is 2. The highest BCUT2D eigenvalue weighted by atomic mass is 79.9. The first-order chi connectivity index (χ1) is 12.9. The van der Waals surface area contributed by atoms with Crippen LogP contribution in [0.4, 0.5) is 0 Å².